The Labute approximate surface area is 111 Å². The summed E-state index contributed by atoms with van der Waals surface area (Å²) in [6, 6.07) is 8.40. The number of benzene rings is 1. The van der Waals surface area contributed by atoms with Gasteiger partial charge in [-0.15, -0.1) is 0 Å². The van der Waals surface area contributed by atoms with Crippen LogP contribution in [0.5, 0.6) is 0 Å². The molecule has 0 aliphatic heterocycles. The molecular weight excluding hydrogens is 259 g/mol. The zero-order valence-corrected chi connectivity index (χ0v) is 11.2. The number of primary amides is 1. The average Bonchev–Trinajstić information content (AvgIpc) is 2.30. The average molecular weight is 275 g/mol. The van der Waals surface area contributed by atoms with Crippen molar-refractivity contribution in [2.75, 3.05) is 6.54 Å². The molecule has 0 aliphatic rings. The Morgan fingerprint density at radius 1 is 1.35 bits per heavy atom. The van der Waals surface area contributed by atoms with Gasteiger partial charge in [0.15, 0.2) is 0 Å². The summed E-state index contributed by atoms with van der Waals surface area (Å²) in [7, 11) is 0. The van der Waals surface area contributed by atoms with Crippen molar-refractivity contribution in [2.24, 2.45) is 5.73 Å². The fraction of sp³-hybridized carbons (Fsp3) is 0.417. The molecule has 0 aromatic heterocycles. The van der Waals surface area contributed by atoms with Crippen LogP contribution in [-0.2, 0) is 4.46 Å². The fourth-order valence-electron chi connectivity index (χ4n) is 1.50. The van der Waals surface area contributed by atoms with E-state index in [4.69, 9.17) is 28.9 Å². The van der Waals surface area contributed by atoms with Gasteiger partial charge in [-0.25, -0.2) is 4.79 Å². The predicted molar refractivity (Wildman–Crippen MR) is 71.0 cm³/mol. The molecule has 0 spiro atoms. The lowest BCUT2D eigenvalue weighted by Gasteiger charge is -2.33. The Morgan fingerprint density at radius 3 is 2.41 bits per heavy atom. The smallest absolute Gasteiger partial charge is 0.317 e. The van der Waals surface area contributed by atoms with Crippen LogP contribution < -0.4 is 5.73 Å². The van der Waals surface area contributed by atoms with E-state index in [1.54, 1.807) is 12.1 Å². The third-order valence-corrected chi connectivity index (χ3v) is 3.31. The maximum absolute atomic E-state index is 11.4. The molecule has 2 amide bonds. The molecule has 1 rings (SSSR count). The molecule has 1 aromatic rings. The van der Waals surface area contributed by atoms with Crippen LogP contribution in [0.25, 0.3) is 0 Å². The molecule has 0 aliphatic carbocycles. The summed E-state index contributed by atoms with van der Waals surface area (Å²) >= 11 is 12.5. The quantitative estimate of drug-likeness (QED) is 0.649. The second kappa shape index (κ2) is 6.12. The Balaban J connectivity index is 2.95. The Morgan fingerprint density at radius 2 is 1.94 bits per heavy atom. The number of hydrogen-bond donors (Lipinski definition) is 1. The van der Waals surface area contributed by atoms with Gasteiger partial charge in [-0.2, -0.15) is 0 Å². The summed E-state index contributed by atoms with van der Waals surface area (Å²) in [5.74, 6) is 0. The number of carbonyl (C=O) groups is 1. The fourth-order valence-corrected chi connectivity index (χ4v) is 2.09. The number of carbonyl (C=O) groups excluding carboxylic acids is 1. The lowest BCUT2D eigenvalue weighted by Crippen LogP contribution is -2.45. The van der Waals surface area contributed by atoms with Gasteiger partial charge in [-0.3, -0.25) is 4.90 Å². The molecule has 0 atom stereocenters. The number of nitrogens with two attached hydrogens (primary N) is 1. The number of alkyl halides is 2. The number of unbranched alkanes of at least 4 members (excludes halogenated alkanes) is 1. The molecule has 5 heteroatoms. The van der Waals surface area contributed by atoms with Gasteiger partial charge in [0.25, 0.3) is 0 Å². The van der Waals surface area contributed by atoms with Crippen LogP contribution in [0.3, 0.4) is 0 Å². The second-order valence-corrected chi connectivity index (χ2v) is 5.04. The Hall–Kier alpha value is -0.930. The number of nitrogens with zero attached hydrogens (tertiary/aromatic N) is 1. The predicted octanol–water partition coefficient (Wildman–Crippen LogP) is 3.46. The number of urea groups is 1. The summed E-state index contributed by atoms with van der Waals surface area (Å²) in [5.41, 5.74) is 5.96. The molecule has 94 valence electrons. The molecule has 0 fully saturated rings. The molecule has 2 N–H and O–H groups in total. The summed E-state index contributed by atoms with van der Waals surface area (Å²) in [6.45, 7) is 2.46. The number of rotatable bonds is 5. The monoisotopic (exact) mass is 274 g/mol. The van der Waals surface area contributed by atoms with Crippen LogP contribution in [0.1, 0.15) is 25.3 Å². The van der Waals surface area contributed by atoms with Crippen molar-refractivity contribution in [2.45, 2.75) is 24.2 Å². The maximum Gasteiger partial charge on any atom is 0.317 e. The lowest BCUT2D eigenvalue weighted by molar-refractivity contribution is 0.192. The summed E-state index contributed by atoms with van der Waals surface area (Å²) in [4.78, 5) is 12.7. The third kappa shape index (κ3) is 3.51. The number of hydrogen-bond acceptors (Lipinski definition) is 1. The molecule has 0 saturated carbocycles. The van der Waals surface area contributed by atoms with Crippen LogP contribution in [0, 0.1) is 0 Å². The summed E-state index contributed by atoms with van der Waals surface area (Å²) in [5, 5.41) is 0. The Kier molecular flexibility index (Phi) is 5.09. The molecule has 0 heterocycles. The zero-order chi connectivity index (χ0) is 12.9. The van der Waals surface area contributed by atoms with Crippen molar-refractivity contribution >= 4 is 29.2 Å². The van der Waals surface area contributed by atoms with E-state index in [9.17, 15) is 4.79 Å². The number of halogens is 2. The molecule has 0 bridgehead atoms. The van der Waals surface area contributed by atoms with E-state index in [-0.39, 0.29) is 0 Å². The van der Waals surface area contributed by atoms with Crippen molar-refractivity contribution in [3.63, 3.8) is 0 Å². The summed E-state index contributed by atoms with van der Waals surface area (Å²) < 4.78 is -1.41. The first-order chi connectivity index (χ1) is 8.00. The van der Waals surface area contributed by atoms with E-state index < -0.39 is 10.5 Å². The van der Waals surface area contributed by atoms with E-state index in [0.29, 0.717) is 12.1 Å². The highest BCUT2D eigenvalue weighted by Crippen LogP contribution is 2.37. The molecule has 17 heavy (non-hydrogen) atoms. The topological polar surface area (TPSA) is 46.3 Å². The lowest BCUT2D eigenvalue weighted by atomic mass is 10.2. The first-order valence-electron chi connectivity index (χ1n) is 5.50. The standard InChI is InChI=1S/C12H16Cl2N2O/c1-2-3-9-16(11(15)17)12(13,14)10-7-5-4-6-8-10/h4-8H,2-3,9H2,1H3,(H2,15,17). The Bertz CT molecular complexity index is 368. The SMILES string of the molecule is CCCCN(C(N)=O)C(Cl)(Cl)c1ccccc1. The minimum Gasteiger partial charge on any atom is -0.351 e. The highest BCUT2D eigenvalue weighted by atomic mass is 35.5. The number of amides is 2. The highest BCUT2D eigenvalue weighted by molar-refractivity contribution is 6.48. The van der Waals surface area contributed by atoms with E-state index in [0.717, 1.165) is 12.8 Å². The van der Waals surface area contributed by atoms with Gasteiger partial charge in [0.2, 0.25) is 4.46 Å². The van der Waals surface area contributed by atoms with Crippen molar-refractivity contribution < 1.29 is 4.79 Å². The van der Waals surface area contributed by atoms with Crippen molar-refractivity contribution in [1.82, 2.24) is 4.90 Å². The van der Waals surface area contributed by atoms with E-state index in [2.05, 4.69) is 0 Å². The molecule has 0 saturated heterocycles. The van der Waals surface area contributed by atoms with Crippen molar-refractivity contribution in [3.8, 4) is 0 Å². The van der Waals surface area contributed by atoms with Crippen LogP contribution >= 0.6 is 23.2 Å². The van der Waals surface area contributed by atoms with Gasteiger partial charge in [-0.05, 0) is 6.42 Å². The van der Waals surface area contributed by atoms with Gasteiger partial charge < -0.3 is 5.73 Å². The minimum atomic E-state index is -1.41. The van der Waals surface area contributed by atoms with Crippen molar-refractivity contribution in [1.29, 1.82) is 0 Å². The molecular formula is C12H16Cl2N2O. The van der Waals surface area contributed by atoms with Crippen LogP contribution in [0.2, 0.25) is 0 Å². The van der Waals surface area contributed by atoms with E-state index >= 15 is 0 Å². The zero-order valence-electron chi connectivity index (χ0n) is 9.70. The first-order valence-corrected chi connectivity index (χ1v) is 6.26. The summed E-state index contributed by atoms with van der Waals surface area (Å²) in [6.07, 6.45) is 1.74. The highest BCUT2D eigenvalue weighted by Gasteiger charge is 2.36. The normalized spacial score (nSPS) is 11.2. The molecule has 0 unspecified atom stereocenters. The second-order valence-electron chi connectivity index (χ2n) is 3.75. The van der Waals surface area contributed by atoms with Gasteiger partial charge >= 0.3 is 6.03 Å². The molecule has 0 radical (unpaired) electrons. The van der Waals surface area contributed by atoms with E-state index in [1.807, 2.05) is 25.1 Å². The largest absolute Gasteiger partial charge is 0.351 e. The van der Waals surface area contributed by atoms with Crippen LogP contribution in [0.4, 0.5) is 4.79 Å². The van der Waals surface area contributed by atoms with Crippen LogP contribution in [-0.4, -0.2) is 17.5 Å². The molecule has 3 nitrogen and oxygen atoms in total. The van der Waals surface area contributed by atoms with Gasteiger partial charge in [0.1, 0.15) is 0 Å². The van der Waals surface area contributed by atoms with E-state index in [1.165, 1.54) is 4.90 Å². The maximum atomic E-state index is 11.4. The van der Waals surface area contributed by atoms with Gasteiger partial charge in [-0.1, -0.05) is 66.9 Å². The third-order valence-electron chi connectivity index (χ3n) is 2.46. The van der Waals surface area contributed by atoms with Crippen LogP contribution in [0.15, 0.2) is 30.3 Å². The van der Waals surface area contributed by atoms with Gasteiger partial charge in [0.05, 0.1) is 0 Å². The minimum absolute atomic E-state index is 0.438. The van der Waals surface area contributed by atoms with Gasteiger partial charge in [0, 0.05) is 12.1 Å². The van der Waals surface area contributed by atoms with Crippen molar-refractivity contribution in [3.05, 3.63) is 35.9 Å². The first kappa shape index (κ1) is 14.1. The molecule has 1 aromatic carbocycles.